The number of methoxy groups -OCH3 is 1. The van der Waals surface area contributed by atoms with Gasteiger partial charge in [-0.1, -0.05) is 18.5 Å². The van der Waals surface area contributed by atoms with E-state index in [1.54, 1.807) is 0 Å². The van der Waals surface area contributed by atoms with Crippen molar-refractivity contribution in [1.82, 2.24) is 15.1 Å². The van der Waals surface area contributed by atoms with E-state index in [2.05, 4.69) is 17.3 Å². The van der Waals surface area contributed by atoms with Gasteiger partial charge < -0.3 is 10.1 Å². The van der Waals surface area contributed by atoms with Gasteiger partial charge in [-0.05, 0) is 46.6 Å². The largest absolute Gasteiger partial charge is 0.468 e. The van der Waals surface area contributed by atoms with Gasteiger partial charge in [-0.15, -0.1) is 0 Å². The van der Waals surface area contributed by atoms with Crippen LogP contribution in [0, 0.1) is 13.8 Å². The van der Waals surface area contributed by atoms with Crippen LogP contribution >= 0.6 is 11.6 Å². The highest BCUT2D eigenvalue weighted by molar-refractivity contribution is 6.31. The van der Waals surface area contributed by atoms with Crippen LogP contribution in [0.25, 0.3) is 0 Å². The molecule has 0 aliphatic rings. The van der Waals surface area contributed by atoms with Crippen LogP contribution in [0.2, 0.25) is 5.02 Å². The van der Waals surface area contributed by atoms with Crippen LogP contribution < -0.4 is 5.32 Å². The van der Waals surface area contributed by atoms with E-state index in [4.69, 9.17) is 16.3 Å². The average molecular weight is 316 g/mol. The van der Waals surface area contributed by atoms with Gasteiger partial charge in [0.2, 0.25) is 0 Å². The molecule has 6 heteroatoms. The number of nitrogens with one attached hydrogen (secondary N) is 1. The fraction of sp³-hybridized carbons (Fsp3) is 0.733. The lowest BCUT2D eigenvalue weighted by molar-refractivity contribution is -0.148. The first-order chi connectivity index (χ1) is 9.85. The number of esters is 1. The monoisotopic (exact) mass is 315 g/mol. The van der Waals surface area contributed by atoms with Crippen molar-refractivity contribution in [3.05, 3.63) is 16.4 Å². The van der Waals surface area contributed by atoms with Crippen LogP contribution in [0.15, 0.2) is 0 Å². The third-order valence-electron chi connectivity index (χ3n) is 3.74. The minimum Gasteiger partial charge on any atom is -0.468 e. The Hall–Kier alpha value is -1.07. The normalized spacial score (nSPS) is 14.0. The number of aryl methyl sites for hydroxylation is 2. The summed E-state index contributed by atoms with van der Waals surface area (Å²) in [6, 6.07) is 0. The van der Waals surface area contributed by atoms with Crippen LogP contribution in [0.5, 0.6) is 0 Å². The van der Waals surface area contributed by atoms with E-state index in [9.17, 15) is 4.79 Å². The van der Waals surface area contributed by atoms with Gasteiger partial charge in [0, 0.05) is 6.54 Å². The number of carbonyl (C=O) groups excluding carboxylic acids is 1. The van der Waals surface area contributed by atoms with Gasteiger partial charge in [0.25, 0.3) is 0 Å². The van der Waals surface area contributed by atoms with Crippen LogP contribution in [-0.2, 0) is 16.1 Å². The smallest absolute Gasteiger partial charge is 0.325 e. The van der Waals surface area contributed by atoms with Crippen molar-refractivity contribution >= 4 is 17.6 Å². The molecule has 0 spiro atoms. The summed E-state index contributed by atoms with van der Waals surface area (Å²) in [5.74, 6) is -0.220. The molecule has 1 heterocycles. The topological polar surface area (TPSA) is 56.2 Å². The summed E-state index contributed by atoms with van der Waals surface area (Å²) in [4.78, 5) is 12.0. The van der Waals surface area contributed by atoms with Crippen molar-refractivity contribution in [2.24, 2.45) is 0 Å². The number of rotatable bonds is 8. The van der Waals surface area contributed by atoms with Crippen molar-refractivity contribution in [2.45, 2.75) is 59.0 Å². The molecular formula is C15H26ClN3O2. The first kappa shape index (κ1) is 18.0. The number of ether oxygens (including phenoxy) is 1. The number of hydrogen-bond acceptors (Lipinski definition) is 4. The molecule has 21 heavy (non-hydrogen) atoms. The highest BCUT2D eigenvalue weighted by Crippen LogP contribution is 2.21. The fourth-order valence-electron chi connectivity index (χ4n) is 2.36. The number of carbonyl (C=O) groups is 1. The first-order valence-corrected chi connectivity index (χ1v) is 7.76. The van der Waals surface area contributed by atoms with Crippen LogP contribution in [0.1, 0.15) is 44.5 Å². The zero-order valence-electron chi connectivity index (χ0n) is 13.6. The molecule has 0 bridgehead atoms. The lowest BCUT2D eigenvalue weighted by Crippen LogP contribution is -2.50. The second kappa shape index (κ2) is 7.80. The lowest BCUT2D eigenvalue weighted by atomic mass is 9.95. The fourth-order valence-corrected chi connectivity index (χ4v) is 2.50. The Kier molecular flexibility index (Phi) is 6.68. The Morgan fingerprint density at radius 2 is 2.14 bits per heavy atom. The Bertz CT molecular complexity index is 488. The molecule has 5 nitrogen and oxygen atoms in total. The van der Waals surface area contributed by atoms with Crippen LogP contribution in [0.3, 0.4) is 0 Å². The minimum atomic E-state index is -0.648. The number of nitrogens with zero attached hydrogens (tertiary/aromatic N) is 2. The van der Waals surface area contributed by atoms with E-state index in [0.29, 0.717) is 6.42 Å². The molecule has 0 aromatic carbocycles. The zero-order chi connectivity index (χ0) is 16.0. The molecule has 1 aromatic rings. The molecule has 0 saturated heterocycles. The van der Waals surface area contributed by atoms with Crippen LogP contribution in [-0.4, -0.2) is 34.9 Å². The summed E-state index contributed by atoms with van der Waals surface area (Å²) >= 11 is 6.14. The van der Waals surface area contributed by atoms with Gasteiger partial charge in [-0.25, -0.2) is 0 Å². The van der Waals surface area contributed by atoms with Gasteiger partial charge in [0.1, 0.15) is 5.54 Å². The van der Waals surface area contributed by atoms with Gasteiger partial charge >= 0.3 is 5.97 Å². The van der Waals surface area contributed by atoms with Crippen molar-refractivity contribution in [2.75, 3.05) is 13.7 Å². The molecule has 1 unspecified atom stereocenters. The number of aromatic nitrogens is 2. The van der Waals surface area contributed by atoms with Gasteiger partial charge in [0.05, 0.1) is 23.5 Å². The minimum absolute atomic E-state index is 0.220. The maximum absolute atomic E-state index is 12.0. The Morgan fingerprint density at radius 3 is 2.62 bits per heavy atom. The van der Waals surface area contributed by atoms with Gasteiger partial charge in [-0.3, -0.25) is 9.48 Å². The molecular weight excluding hydrogens is 290 g/mol. The molecule has 0 aliphatic heterocycles. The molecule has 0 amide bonds. The Labute approximate surface area is 132 Å². The summed E-state index contributed by atoms with van der Waals surface area (Å²) in [5.41, 5.74) is 1.16. The van der Waals surface area contributed by atoms with Crippen molar-refractivity contribution in [3.8, 4) is 0 Å². The summed E-state index contributed by atoms with van der Waals surface area (Å²) in [7, 11) is 1.43. The summed E-state index contributed by atoms with van der Waals surface area (Å²) in [6.45, 7) is 9.34. The van der Waals surface area contributed by atoms with E-state index in [1.807, 2.05) is 25.5 Å². The van der Waals surface area contributed by atoms with E-state index in [-0.39, 0.29) is 5.97 Å². The molecule has 1 aromatic heterocycles. The van der Waals surface area contributed by atoms with E-state index < -0.39 is 5.54 Å². The highest BCUT2D eigenvalue weighted by atomic mass is 35.5. The summed E-state index contributed by atoms with van der Waals surface area (Å²) in [5, 5.41) is 8.41. The molecule has 120 valence electrons. The third kappa shape index (κ3) is 4.45. The predicted molar refractivity (Wildman–Crippen MR) is 84.7 cm³/mol. The van der Waals surface area contributed by atoms with E-state index in [0.717, 1.165) is 42.3 Å². The molecule has 0 radical (unpaired) electrons. The summed E-state index contributed by atoms with van der Waals surface area (Å²) < 4.78 is 6.82. The molecule has 0 saturated carbocycles. The standard InChI is InChI=1S/C15H26ClN3O2/c1-6-9-17-15(4,14(20)21-5)8-7-10-19-12(3)13(16)11(2)18-19/h17H,6-10H2,1-5H3. The maximum Gasteiger partial charge on any atom is 0.325 e. The molecule has 0 fully saturated rings. The molecule has 1 N–H and O–H groups in total. The Morgan fingerprint density at radius 1 is 1.48 bits per heavy atom. The van der Waals surface area contributed by atoms with E-state index in [1.165, 1.54) is 7.11 Å². The predicted octanol–water partition coefficient (Wildman–Crippen LogP) is 2.86. The number of halogens is 1. The highest BCUT2D eigenvalue weighted by Gasteiger charge is 2.33. The van der Waals surface area contributed by atoms with Crippen molar-refractivity contribution in [1.29, 1.82) is 0 Å². The van der Waals surface area contributed by atoms with Gasteiger partial charge in [-0.2, -0.15) is 5.10 Å². The zero-order valence-corrected chi connectivity index (χ0v) is 14.4. The molecule has 1 rings (SSSR count). The molecule has 0 aliphatic carbocycles. The second-order valence-electron chi connectivity index (χ2n) is 5.56. The lowest BCUT2D eigenvalue weighted by Gasteiger charge is -2.28. The summed E-state index contributed by atoms with van der Waals surface area (Å²) in [6.07, 6.45) is 2.48. The van der Waals surface area contributed by atoms with Crippen LogP contribution in [0.4, 0.5) is 0 Å². The average Bonchev–Trinajstić information content (AvgIpc) is 2.71. The van der Waals surface area contributed by atoms with Gasteiger partial charge in [0.15, 0.2) is 0 Å². The third-order valence-corrected chi connectivity index (χ3v) is 4.29. The quantitative estimate of drug-likeness (QED) is 0.749. The SMILES string of the molecule is CCCNC(C)(CCCn1nc(C)c(Cl)c1C)C(=O)OC. The van der Waals surface area contributed by atoms with Crippen molar-refractivity contribution in [3.63, 3.8) is 0 Å². The maximum atomic E-state index is 12.0. The van der Waals surface area contributed by atoms with Crippen molar-refractivity contribution < 1.29 is 9.53 Å². The second-order valence-corrected chi connectivity index (χ2v) is 5.94. The number of hydrogen-bond donors (Lipinski definition) is 1. The Balaban J connectivity index is 2.65. The molecule has 1 atom stereocenters. The first-order valence-electron chi connectivity index (χ1n) is 7.38. The van der Waals surface area contributed by atoms with E-state index >= 15 is 0 Å².